The number of hydrogen-bond donors (Lipinski definition) is 1. The summed E-state index contributed by atoms with van der Waals surface area (Å²) in [6.07, 6.45) is 4.51. The van der Waals surface area contributed by atoms with Gasteiger partial charge in [0.15, 0.2) is 11.5 Å². The molecule has 1 fully saturated rings. The van der Waals surface area contributed by atoms with Crippen molar-refractivity contribution in [2.75, 3.05) is 6.79 Å². The topological polar surface area (TPSA) is 86.5 Å². The van der Waals surface area contributed by atoms with Crippen LogP contribution in [-0.4, -0.2) is 34.2 Å². The molecule has 8 heteroatoms. The van der Waals surface area contributed by atoms with Gasteiger partial charge in [0, 0.05) is 11.6 Å². The minimum absolute atomic E-state index is 0.0136. The SMILES string of the molecule is CC(Sc1nnc(-c2ccc3c(c2)OCO3)o1)C(=O)NC1CCCC1. The highest BCUT2D eigenvalue weighted by Crippen LogP contribution is 2.36. The molecular formula is C17H19N3O4S. The van der Waals surface area contributed by atoms with Crippen LogP contribution in [0, 0.1) is 0 Å². The van der Waals surface area contributed by atoms with Crippen LogP contribution in [0.3, 0.4) is 0 Å². The molecule has 1 aromatic carbocycles. The van der Waals surface area contributed by atoms with Crippen LogP contribution in [0.1, 0.15) is 32.6 Å². The molecule has 1 aliphatic heterocycles. The van der Waals surface area contributed by atoms with Crippen LogP contribution in [0.15, 0.2) is 27.8 Å². The zero-order valence-corrected chi connectivity index (χ0v) is 14.7. The third kappa shape index (κ3) is 3.58. The van der Waals surface area contributed by atoms with E-state index in [4.69, 9.17) is 13.9 Å². The minimum atomic E-state index is -0.286. The number of carbonyl (C=O) groups excluding carboxylic acids is 1. The number of hydrogen-bond acceptors (Lipinski definition) is 7. The highest BCUT2D eigenvalue weighted by molar-refractivity contribution is 8.00. The first kappa shape index (κ1) is 16.3. The fourth-order valence-electron chi connectivity index (χ4n) is 3.00. The number of thioether (sulfide) groups is 1. The van der Waals surface area contributed by atoms with E-state index in [2.05, 4.69) is 15.5 Å². The summed E-state index contributed by atoms with van der Waals surface area (Å²) in [4.78, 5) is 12.3. The Morgan fingerprint density at radius 3 is 2.88 bits per heavy atom. The van der Waals surface area contributed by atoms with Crippen LogP contribution < -0.4 is 14.8 Å². The standard InChI is InChI=1S/C17H19N3O4S/c1-10(15(21)18-12-4-2-3-5-12)25-17-20-19-16(24-17)11-6-7-13-14(8-11)23-9-22-13/h6-8,10,12H,2-5,9H2,1H3,(H,18,21). The lowest BCUT2D eigenvalue weighted by atomic mass is 10.2. The second-order valence-corrected chi connectivity index (χ2v) is 7.48. The molecule has 4 rings (SSSR count). The summed E-state index contributed by atoms with van der Waals surface area (Å²) >= 11 is 1.27. The van der Waals surface area contributed by atoms with Crippen LogP contribution in [0.5, 0.6) is 11.5 Å². The first-order chi connectivity index (χ1) is 12.2. The summed E-state index contributed by atoms with van der Waals surface area (Å²) in [7, 11) is 0. The molecule has 1 aromatic heterocycles. The van der Waals surface area contributed by atoms with Gasteiger partial charge in [-0.15, -0.1) is 10.2 Å². The zero-order valence-electron chi connectivity index (χ0n) is 13.9. The van der Waals surface area contributed by atoms with Crippen molar-refractivity contribution in [1.82, 2.24) is 15.5 Å². The minimum Gasteiger partial charge on any atom is -0.454 e. The monoisotopic (exact) mass is 361 g/mol. The average Bonchev–Trinajstić information content (AvgIpc) is 3.35. The normalized spacial score (nSPS) is 17.6. The molecule has 1 amide bonds. The average molecular weight is 361 g/mol. The molecule has 1 aliphatic carbocycles. The van der Waals surface area contributed by atoms with E-state index in [0.717, 1.165) is 18.4 Å². The molecular weight excluding hydrogens is 342 g/mol. The van der Waals surface area contributed by atoms with Crippen LogP contribution in [0.2, 0.25) is 0 Å². The van der Waals surface area contributed by atoms with Gasteiger partial charge in [-0.1, -0.05) is 24.6 Å². The predicted molar refractivity (Wildman–Crippen MR) is 91.6 cm³/mol. The first-order valence-electron chi connectivity index (χ1n) is 8.39. The van der Waals surface area contributed by atoms with E-state index in [9.17, 15) is 4.79 Å². The zero-order chi connectivity index (χ0) is 17.2. The molecule has 1 unspecified atom stereocenters. The van der Waals surface area contributed by atoms with Crippen LogP contribution in [0.4, 0.5) is 0 Å². The number of amides is 1. The number of nitrogens with one attached hydrogen (secondary N) is 1. The van der Waals surface area contributed by atoms with Crippen molar-refractivity contribution in [2.24, 2.45) is 0 Å². The summed E-state index contributed by atoms with van der Waals surface area (Å²) in [6, 6.07) is 5.76. The quantitative estimate of drug-likeness (QED) is 0.819. The molecule has 2 heterocycles. The Hall–Kier alpha value is -2.22. The van der Waals surface area contributed by atoms with E-state index in [1.165, 1.54) is 24.6 Å². The number of rotatable bonds is 5. The van der Waals surface area contributed by atoms with Crippen molar-refractivity contribution >= 4 is 17.7 Å². The molecule has 2 aromatic rings. The third-order valence-corrected chi connectivity index (χ3v) is 5.31. The van der Waals surface area contributed by atoms with Gasteiger partial charge in [-0.3, -0.25) is 4.79 Å². The highest BCUT2D eigenvalue weighted by atomic mass is 32.2. The largest absolute Gasteiger partial charge is 0.454 e. The number of ether oxygens (including phenoxy) is 2. The van der Waals surface area contributed by atoms with Crippen molar-refractivity contribution in [2.45, 2.75) is 49.1 Å². The lowest BCUT2D eigenvalue weighted by molar-refractivity contribution is -0.120. The van der Waals surface area contributed by atoms with Gasteiger partial charge in [0.05, 0.1) is 5.25 Å². The summed E-state index contributed by atoms with van der Waals surface area (Å²) < 4.78 is 16.3. The Labute approximate surface area is 149 Å². The third-order valence-electron chi connectivity index (χ3n) is 4.37. The molecule has 0 radical (unpaired) electrons. The Bertz CT molecular complexity index is 773. The second kappa shape index (κ2) is 6.95. The smallest absolute Gasteiger partial charge is 0.277 e. The first-order valence-corrected chi connectivity index (χ1v) is 9.27. The molecule has 1 saturated carbocycles. The summed E-state index contributed by atoms with van der Waals surface area (Å²) in [5, 5.41) is 11.3. The van der Waals surface area contributed by atoms with Gasteiger partial charge >= 0.3 is 0 Å². The van der Waals surface area contributed by atoms with E-state index in [1.54, 1.807) is 6.07 Å². The van der Waals surface area contributed by atoms with Gasteiger partial charge in [0.1, 0.15) is 0 Å². The number of aromatic nitrogens is 2. The molecule has 1 atom stereocenters. The van der Waals surface area contributed by atoms with Crippen LogP contribution >= 0.6 is 11.8 Å². The van der Waals surface area contributed by atoms with E-state index >= 15 is 0 Å². The number of carbonyl (C=O) groups is 1. The van der Waals surface area contributed by atoms with E-state index in [0.29, 0.717) is 28.7 Å². The Kier molecular flexibility index (Phi) is 4.52. The lowest BCUT2D eigenvalue weighted by Gasteiger charge is -2.14. The maximum Gasteiger partial charge on any atom is 0.277 e. The van der Waals surface area contributed by atoms with Gasteiger partial charge in [-0.2, -0.15) is 0 Å². The molecule has 0 bridgehead atoms. The van der Waals surface area contributed by atoms with Crippen molar-refractivity contribution in [3.8, 4) is 23.0 Å². The van der Waals surface area contributed by atoms with E-state index in [-0.39, 0.29) is 18.0 Å². The molecule has 25 heavy (non-hydrogen) atoms. The predicted octanol–water partition coefficient (Wildman–Crippen LogP) is 3.00. The Morgan fingerprint density at radius 1 is 1.24 bits per heavy atom. The summed E-state index contributed by atoms with van der Waals surface area (Å²) in [5.41, 5.74) is 0.756. The molecule has 7 nitrogen and oxygen atoms in total. The van der Waals surface area contributed by atoms with E-state index in [1.807, 2.05) is 19.1 Å². The van der Waals surface area contributed by atoms with E-state index < -0.39 is 0 Å². The summed E-state index contributed by atoms with van der Waals surface area (Å²) in [5.74, 6) is 1.77. The molecule has 0 saturated heterocycles. The maximum atomic E-state index is 12.3. The van der Waals surface area contributed by atoms with Crippen LogP contribution in [0.25, 0.3) is 11.5 Å². The Morgan fingerprint density at radius 2 is 2.04 bits per heavy atom. The van der Waals surface area contributed by atoms with Gasteiger partial charge in [-0.05, 0) is 38.0 Å². The highest BCUT2D eigenvalue weighted by Gasteiger charge is 2.23. The fraction of sp³-hybridized carbons (Fsp3) is 0.471. The number of fused-ring (bicyclic) bond motifs is 1. The molecule has 132 valence electrons. The van der Waals surface area contributed by atoms with Gasteiger partial charge in [-0.25, -0.2) is 0 Å². The molecule has 2 aliphatic rings. The van der Waals surface area contributed by atoms with Gasteiger partial charge in [0.25, 0.3) is 5.22 Å². The summed E-state index contributed by atoms with van der Waals surface area (Å²) in [6.45, 7) is 2.07. The van der Waals surface area contributed by atoms with Gasteiger partial charge < -0.3 is 19.2 Å². The van der Waals surface area contributed by atoms with Crippen molar-refractivity contribution in [1.29, 1.82) is 0 Å². The Balaban J connectivity index is 1.40. The maximum absolute atomic E-state index is 12.3. The fourth-order valence-corrected chi connectivity index (χ4v) is 3.69. The van der Waals surface area contributed by atoms with Crippen LogP contribution in [-0.2, 0) is 4.79 Å². The van der Waals surface area contributed by atoms with Gasteiger partial charge in [0.2, 0.25) is 18.6 Å². The number of nitrogens with zero attached hydrogens (tertiary/aromatic N) is 2. The molecule has 1 N–H and O–H groups in total. The second-order valence-electron chi connectivity index (χ2n) is 6.19. The lowest BCUT2D eigenvalue weighted by Crippen LogP contribution is -2.37. The van der Waals surface area contributed by atoms with Crippen molar-refractivity contribution in [3.63, 3.8) is 0 Å². The molecule has 0 spiro atoms. The van der Waals surface area contributed by atoms with Crippen molar-refractivity contribution in [3.05, 3.63) is 18.2 Å². The number of benzene rings is 1. The van der Waals surface area contributed by atoms with Crippen molar-refractivity contribution < 1.29 is 18.7 Å².